The molecule has 5 rings (SSSR count). The number of phenols is 1. The van der Waals surface area contributed by atoms with E-state index >= 15 is 0 Å². The number of nitrogens with zero attached hydrogens (tertiary/aromatic N) is 3. The Bertz CT molecular complexity index is 1390. The summed E-state index contributed by atoms with van der Waals surface area (Å²) in [5, 5.41) is 31.1. The number of carbonyl (C=O) groups is 1. The van der Waals surface area contributed by atoms with Crippen molar-refractivity contribution in [3.63, 3.8) is 0 Å². The van der Waals surface area contributed by atoms with Gasteiger partial charge in [0.05, 0.1) is 16.3 Å². The predicted molar refractivity (Wildman–Crippen MR) is 126 cm³/mol. The van der Waals surface area contributed by atoms with Gasteiger partial charge in [0.15, 0.2) is 5.69 Å². The Labute approximate surface area is 193 Å². The number of allylic oxidation sites excluding steroid dienone is 1. The summed E-state index contributed by atoms with van der Waals surface area (Å²) in [6, 6.07) is 11.1. The molecule has 0 fully saturated rings. The molecule has 3 N–H and O–H groups in total. The van der Waals surface area contributed by atoms with Gasteiger partial charge in [-0.25, -0.2) is 9.48 Å². The average molecular weight is 463 g/mol. The Kier molecular flexibility index (Phi) is 5.41. The smallest absolute Gasteiger partial charge is 0.341 e. The van der Waals surface area contributed by atoms with E-state index in [2.05, 4.69) is 21.4 Å². The molecule has 1 unspecified atom stereocenters. The van der Waals surface area contributed by atoms with Crippen molar-refractivity contribution in [1.29, 1.82) is 0 Å². The molecule has 1 aromatic heterocycles. The Morgan fingerprint density at radius 3 is 2.79 bits per heavy atom. The highest BCUT2D eigenvalue weighted by atomic mass is 32.2. The van der Waals surface area contributed by atoms with Crippen LogP contribution in [0.25, 0.3) is 5.69 Å². The molecule has 1 aliphatic carbocycles. The molecule has 3 aromatic rings. The molecule has 0 spiro atoms. The van der Waals surface area contributed by atoms with Crippen LogP contribution >= 0.6 is 11.8 Å². The van der Waals surface area contributed by atoms with E-state index < -0.39 is 5.97 Å². The molecular formula is C24H22N4O4S. The fourth-order valence-electron chi connectivity index (χ4n) is 4.32. The van der Waals surface area contributed by atoms with Crippen LogP contribution < -0.4 is 5.56 Å². The zero-order valence-corrected chi connectivity index (χ0v) is 18.7. The number of para-hydroxylation sites is 1. The van der Waals surface area contributed by atoms with E-state index in [4.69, 9.17) is 0 Å². The van der Waals surface area contributed by atoms with Crippen molar-refractivity contribution in [2.24, 2.45) is 10.2 Å². The van der Waals surface area contributed by atoms with Gasteiger partial charge >= 0.3 is 5.97 Å². The summed E-state index contributed by atoms with van der Waals surface area (Å²) in [7, 11) is 0. The maximum atomic E-state index is 13.0. The first-order valence-electron chi connectivity index (χ1n) is 10.7. The number of thioether (sulfide) groups is 1. The minimum atomic E-state index is -0.972. The molecule has 2 aliphatic rings. The molecular weight excluding hydrogens is 440 g/mol. The molecule has 1 aliphatic heterocycles. The monoisotopic (exact) mass is 462 g/mol. The molecule has 2 aromatic carbocycles. The number of aryl methyl sites for hydroxylation is 3. The van der Waals surface area contributed by atoms with Gasteiger partial charge in [-0.3, -0.25) is 9.89 Å². The number of fused-ring (bicyclic) bond motifs is 1. The number of H-pyrrole nitrogens is 1. The van der Waals surface area contributed by atoms with Crippen molar-refractivity contribution in [1.82, 2.24) is 9.78 Å². The third-order valence-corrected chi connectivity index (χ3v) is 7.35. The number of phenolic OH excluding ortho intramolecular Hbond substituents is 1. The minimum absolute atomic E-state index is 0.0640. The highest BCUT2D eigenvalue weighted by molar-refractivity contribution is 8.04. The first-order chi connectivity index (χ1) is 15.9. The van der Waals surface area contributed by atoms with Crippen molar-refractivity contribution >= 4 is 29.1 Å². The highest BCUT2D eigenvalue weighted by Crippen LogP contribution is 2.48. The van der Waals surface area contributed by atoms with Gasteiger partial charge in [-0.2, -0.15) is 0 Å². The second-order valence-corrected chi connectivity index (χ2v) is 9.41. The quantitative estimate of drug-likeness (QED) is 0.449. The number of azo groups is 1. The van der Waals surface area contributed by atoms with Gasteiger partial charge in [-0.15, -0.1) is 22.0 Å². The number of carboxylic acids is 1. The average Bonchev–Trinajstić information content (AvgIpc) is 3.52. The lowest BCUT2D eigenvalue weighted by Crippen LogP contribution is -2.14. The van der Waals surface area contributed by atoms with Crippen LogP contribution in [0.1, 0.15) is 40.5 Å². The number of carboxylic acid groups (broad SMARTS) is 1. The highest BCUT2D eigenvalue weighted by Gasteiger charge is 2.26. The number of nitrogens with one attached hydrogen (secondary N) is 1. The number of aromatic hydroxyl groups is 1. The molecule has 2 heterocycles. The Hall–Kier alpha value is -3.59. The maximum Gasteiger partial charge on any atom is 0.341 e. The number of aliphatic carboxylic acids is 1. The Morgan fingerprint density at radius 1 is 1.18 bits per heavy atom. The third kappa shape index (κ3) is 3.89. The van der Waals surface area contributed by atoms with Gasteiger partial charge in [0.2, 0.25) is 0 Å². The lowest BCUT2D eigenvalue weighted by molar-refractivity contribution is -0.131. The maximum absolute atomic E-state index is 13.0. The SMILES string of the molecule is Cc1[nH]n(-c2ccc3c(c2)CCC3)c(=O)c1N=Nc1cccc(C2CC=C(C(=O)O)S2)c1O. The Balaban J connectivity index is 1.43. The lowest BCUT2D eigenvalue weighted by atomic mass is 10.1. The van der Waals surface area contributed by atoms with Crippen LogP contribution in [0.5, 0.6) is 5.75 Å². The first kappa shape index (κ1) is 21.3. The zero-order valence-electron chi connectivity index (χ0n) is 17.9. The number of hydrogen-bond donors (Lipinski definition) is 3. The summed E-state index contributed by atoms with van der Waals surface area (Å²) in [6.45, 7) is 1.75. The molecule has 0 saturated carbocycles. The van der Waals surface area contributed by atoms with Crippen molar-refractivity contribution in [2.45, 2.75) is 37.9 Å². The molecule has 168 valence electrons. The second kappa shape index (κ2) is 8.40. The van der Waals surface area contributed by atoms with Crippen LogP contribution in [-0.4, -0.2) is 26.0 Å². The zero-order chi connectivity index (χ0) is 23.1. The predicted octanol–water partition coefficient (Wildman–Crippen LogP) is 5.23. The van der Waals surface area contributed by atoms with Crippen molar-refractivity contribution in [3.8, 4) is 11.4 Å². The number of aromatic nitrogens is 2. The minimum Gasteiger partial charge on any atom is -0.505 e. The lowest BCUT2D eigenvalue weighted by Gasteiger charge is -2.12. The van der Waals surface area contributed by atoms with E-state index in [1.54, 1.807) is 31.2 Å². The topological polar surface area (TPSA) is 120 Å². The molecule has 8 nitrogen and oxygen atoms in total. The van der Waals surface area contributed by atoms with Gasteiger partial charge in [0.1, 0.15) is 11.4 Å². The normalized spacial score (nSPS) is 17.5. The molecule has 0 radical (unpaired) electrons. The van der Waals surface area contributed by atoms with Crippen molar-refractivity contribution < 1.29 is 15.0 Å². The number of benzene rings is 2. The number of rotatable bonds is 5. The van der Waals surface area contributed by atoms with Crippen LogP contribution in [0.3, 0.4) is 0 Å². The second-order valence-electron chi connectivity index (χ2n) is 8.16. The van der Waals surface area contributed by atoms with E-state index in [1.165, 1.54) is 27.6 Å². The third-order valence-electron chi connectivity index (χ3n) is 6.03. The van der Waals surface area contributed by atoms with E-state index in [9.17, 15) is 19.8 Å². The molecule has 0 amide bonds. The fraction of sp³-hybridized carbons (Fsp3) is 0.250. The largest absolute Gasteiger partial charge is 0.505 e. The van der Waals surface area contributed by atoms with Crippen LogP contribution in [0.2, 0.25) is 0 Å². The molecule has 1 atom stereocenters. The molecule has 33 heavy (non-hydrogen) atoms. The Morgan fingerprint density at radius 2 is 2.00 bits per heavy atom. The van der Waals surface area contributed by atoms with E-state index in [0.29, 0.717) is 17.7 Å². The fourth-order valence-corrected chi connectivity index (χ4v) is 5.43. The van der Waals surface area contributed by atoms with E-state index in [0.717, 1.165) is 24.9 Å². The van der Waals surface area contributed by atoms with Crippen LogP contribution in [0.15, 0.2) is 62.4 Å². The molecule has 9 heteroatoms. The number of aromatic amines is 1. The van der Waals surface area contributed by atoms with Gasteiger partial charge < -0.3 is 10.2 Å². The van der Waals surface area contributed by atoms with Crippen LogP contribution in [-0.2, 0) is 17.6 Å². The summed E-state index contributed by atoms with van der Waals surface area (Å²) < 4.78 is 1.47. The summed E-state index contributed by atoms with van der Waals surface area (Å²) in [5.74, 6) is -1.04. The van der Waals surface area contributed by atoms with Gasteiger partial charge in [0.25, 0.3) is 5.56 Å². The first-order valence-corrected chi connectivity index (χ1v) is 11.6. The standard InChI is InChI=1S/C24H22N4O4S/c1-13-21(23(30)28(27-13)16-9-8-14-4-2-5-15(14)12-16)26-25-18-7-3-6-17(22(18)29)19-10-11-20(33-19)24(31)32/h3,6-9,11-12,19,27,29H,2,4-5,10H2,1H3,(H,31,32). The van der Waals surface area contributed by atoms with Crippen LogP contribution in [0, 0.1) is 6.92 Å². The summed E-state index contributed by atoms with van der Waals surface area (Å²) >= 11 is 1.19. The summed E-state index contributed by atoms with van der Waals surface area (Å²) in [6.07, 6.45) is 5.37. The van der Waals surface area contributed by atoms with Crippen molar-refractivity contribution in [2.75, 3.05) is 0 Å². The van der Waals surface area contributed by atoms with Crippen LogP contribution in [0.4, 0.5) is 11.4 Å². The van der Waals surface area contributed by atoms with Gasteiger partial charge in [-0.1, -0.05) is 24.3 Å². The molecule has 0 saturated heterocycles. The molecule has 0 bridgehead atoms. The summed E-state index contributed by atoms with van der Waals surface area (Å²) in [5.41, 5.74) is 4.60. The van der Waals surface area contributed by atoms with E-state index in [-0.39, 0.29) is 32.8 Å². The van der Waals surface area contributed by atoms with Gasteiger partial charge in [-0.05, 0) is 61.9 Å². The van der Waals surface area contributed by atoms with Crippen molar-refractivity contribution in [3.05, 3.63) is 80.1 Å². The number of hydrogen-bond acceptors (Lipinski definition) is 6. The summed E-state index contributed by atoms with van der Waals surface area (Å²) in [4.78, 5) is 24.5. The van der Waals surface area contributed by atoms with Gasteiger partial charge in [0, 0.05) is 10.8 Å². The van der Waals surface area contributed by atoms with E-state index in [1.807, 2.05) is 12.1 Å².